The first kappa shape index (κ1) is 29.7. The molecule has 228 valence electrons. The van der Waals surface area contributed by atoms with Crippen LogP contribution < -0.4 is 10.6 Å². The van der Waals surface area contributed by atoms with Crippen LogP contribution in [0, 0.1) is 5.92 Å². The third-order valence-electron chi connectivity index (χ3n) is 8.13. The van der Waals surface area contributed by atoms with Crippen molar-refractivity contribution in [2.75, 3.05) is 7.05 Å². The molecule has 3 heterocycles. The Kier molecular flexibility index (Phi) is 8.68. The van der Waals surface area contributed by atoms with Crippen LogP contribution in [0.15, 0.2) is 95.7 Å². The monoisotopic (exact) mass is 602 g/mol. The second-order valence-corrected chi connectivity index (χ2v) is 11.4. The molecule has 0 unspecified atom stereocenters. The van der Waals surface area contributed by atoms with E-state index in [2.05, 4.69) is 15.6 Å². The summed E-state index contributed by atoms with van der Waals surface area (Å²) < 4.78 is 7.58. The molecule has 2 aromatic carbocycles. The molecule has 2 amide bonds. The highest BCUT2D eigenvalue weighted by Crippen LogP contribution is 2.33. The maximum absolute atomic E-state index is 13.1. The SMILES string of the molecule is CNC(=O)[C@@H](NC(=O)c1ccc(-c2cccc(CCC(=O)c3cn4cc(C(=O)CCc5ccccc5)ccc4n3)c2)o1)C1CC1. The van der Waals surface area contributed by atoms with Crippen LogP contribution in [-0.2, 0) is 17.6 Å². The number of carbonyl (C=O) groups is 4. The topological polar surface area (TPSA) is 123 Å². The van der Waals surface area contributed by atoms with E-state index >= 15 is 0 Å². The number of aromatic nitrogens is 2. The van der Waals surface area contributed by atoms with E-state index in [-0.39, 0.29) is 35.6 Å². The van der Waals surface area contributed by atoms with Crippen molar-refractivity contribution >= 4 is 29.0 Å². The van der Waals surface area contributed by atoms with Gasteiger partial charge in [0.2, 0.25) is 5.91 Å². The van der Waals surface area contributed by atoms with E-state index in [9.17, 15) is 19.2 Å². The lowest BCUT2D eigenvalue weighted by atomic mass is 10.0. The fraction of sp³-hybridized carbons (Fsp3) is 0.250. The third-order valence-corrected chi connectivity index (χ3v) is 8.13. The van der Waals surface area contributed by atoms with Crippen LogP contribution in [-0.4, -0.2) is 45.9 Å². The average Bonchev–Trinajstić information content (AvgIpc) is 3.61. The molecule has 9 nitrogen and oxygen atoms in total. The fourth-order valence-corrected chi connectivity index (χ4v) is 5.41. The minimum absolute atomic E-state index is 0.0397. The molecule has 1 aliphatic carbocycles. The first-order valence-corrected chi connectivity index (χ1v) is 15.2. The van der Waals surface area contributed by atoms with E-state index in [0.29, 0.717) is 41.9 Å². The molecule has 3 aromatic heterocycles. The van der Waals surface area contributed by atoms with Gasteiger partial charge in [-0.15, -0.1) is 0 Å². The quantitative estimate of drug-likeness (QED) is 0.172. The Morgan fingerprint density at radius 2 is 1.62 bits per heavy atom. The molecule has 1 saturated carbocycles. The molecule has 1 aliphatic rings. The molecule has 9 heteroatoms. The molecule has 0 radical (unpaired) electrons. The Bertz CT molecular complexity index is 1870. The van der Waals surface area contributed by atoms with Gasteiger partial charge in [-0.05, 0) is 73.1 Å². The zero-order chi connectivity index (χ0) is 31.3. The summed E-state index contributed by atoms with van der Waals surface area (Å²) in [6.07, 6.45) is 7.05. The van der Waals surface area contributed by atoms with Crippen molar-refractivity contribution in [2.45, 2.75) is 44.6 Å². The summed E-state index contributed by atoms with van der Waals surface area (Å²) in [6.45, 7) is 0. The molecule has 2 N–H and O–H groups in total. The van der Waals surface area contributed by atoms with Crippen LogP contribution in [0.2, 0.25) is 0 Å². The third kappa shape index (κ3) is 7.09. The minimum atomic E-state index is -0.570. The number of amides is 2. The number of carbonyl (C=O) groups excluding carboxylic acids is 4. The molecule has 5 aromatic rings. The van der Waals surface area contributed by atoms with Gasteiger partial charge in [-0.25, -0.2) is 4.98 Å². The molecule has 0 spiro atoms. The number of ketones is 2. The van der Waals surface area contributed by atoms with Crippen molar-refractivity contribution < 1.29 is 23.6 Å². The highest BCUT2D eigenvalue weighted by Gasteiger charge is 2.37. The predicted octanol–water partition coefficient (Wildman–Crippen LogP) is 5.48. The van der Waals surface area contributed by atoms with E-state index in [0.717, 1.165) is 29.5 Å². The lowest BCUT2D eigenvalue weighted by molar-refractivity contribution is -0.122. The number of fused-ring (bicyclic) bond motifs is 1. The summed E-state index contributed by atoms with van der Waals surface area (Å²) in [5.41, 5.74) is 4.37. The normalized spacial score (nSPS) is 13.4. The number of hydrogen-bond donors (Lipinski definition) is 2. The number of rotatable bonds is 13. The summed E-state index contributed by atoms with van der Waals surface area (Å²) in [6, 6.07) is 23.8. The first-order valence-electron chi connectivity index (χ1n) is 15.2. The average molecular weight is 603 g/mol. The highest BCUT2D eigenvalue weighted by atomic mass is 16.4. The number of nitrogens with zero attached hydrogens (tertiary/aromatic N) is 2. The Labute approximate surface area is 260 Å². The molecule has 1 atom stereocenters. The summed E-state index contributed by atoms with van der Waals surface area (Å²) in [4.78, 5) is 55.3. The van der Waals surface area contributed by atoms with E-state index in [1.165, 1.54) is 0 Å². The van der Waals surface area contributed by atoms with Crippen molar-refractivity contribution in [3.63, 3.8) is 0 Å². The maximum Gasteiger partial charge on any atom is 0.287 e. The van der Waals surface area contributed by atoms with E-state index in [1.54, 1.807) is 48.1 Å². The number of benzene rings is 2. The van der Waals surface area contributed by atoms with Gasteiger partial charge in [0, 0.05) is 43.4 Å². The zero-order valence-corrected chi connectivity index (χ0v) is 25.0. The van der Waals surface area contributed by atoms with Crippen LogP contribution in [0.4, 0.5) is 0 Å². The smallest absolute Gasteiger partial charge is 0.287 e. The summed E-state index contributed by atoms with van der Waals surface area (Å²) >= 11 is 0. The van der Waals surface area contributed by atoms with Crippen molar-refractivity contribution in [3.8, 4) is 11.3 Å². The molecule has 45 heavy (non-hydrogen) atoms. The summed E-state index contributed by atoms with van der Waals surface area (Å²) in [5.74, 6) is 0.105. The predicted molar refractivity (Wildman–Crippen MR) is 169 cm³/mol. The van der Waals surface area contributed by atoms with Gasteiger partial charge < -0.3 is 19.5 Å². The van der Waals surface area contributed by atoms with Gasteiger partial charge in [-0.2, -0.15) is 0 Å². The van der Waals surface area contributed by atoms with Crippen LogP contribution in [0.25, 0.3) is 17.0 Å². The maximum atomic E-state index is 13.1. The molecule has 0 saturated heterocycles. The number of Topliss-reactive ketones (excluding diaryl/α,β-unsaturated/α-hetero) is 2. The lowest BCUT2D eigenvalue weighted by Gasteiger charge is -2.15. The first-order chi connectivity index (χ1) is 21.9. The second-order valence-electron chi connectivity index (χ2n) is 11.4. The van der Waals surface area contributed by atoms with Crippen molar-refractivity contribution in [1.82, 2.24) is 20.0 Å². The van der Waals surface area contributed by atoms with Gasteiger partial charge in [-0.1, -0.05) is 48.5 Å². The van der Waals surface area contributed by atoms with Crippen molar-refractivity contribution in [2.24, 2.45) is 5.92 Å². The molecule has 0 aliphatic heterocycles. The zero-order valence-electron chi connectivity index (χ0n) is 25.0. The minimum Gasteiger partial charge on any atom is -0.451 e. The molecule has 6 rings (SSSR count). The van der Waals surface area contributed by atoms with Gasteiger partial charge in [0.05, 0.1) is 0 Å². The van der Waals surface area contributed by atoms with E-state index in [4.69, 9.17) is 4.42 Å². The standard InChI is InChI=1S/C36H34N4O5/c1-37-36(44)34(25-12-13-25)39-35(43)32-18-17-31(45-32)26-9-5-8-24(20-26)11-16-30(42)28-22-40-21-27(14-19-33(40)38-28)29(41)15-10-23-6-3-2-4-7-23/h2-9,14,17-22,25,34H,10-13,15-16H2,1H3,(H,37,44)(H,39,43)/t34-/m0/s1. The fourth-order valence-electron chi connectivity index (χ4n) is 5.41. The lowest BCUT2D eigenvalue weighted by Crippen LogP contribution is -2.47. The van der Waals surface area contributed by atoms with Gasteiger partial charge in [0.1, 0.15) is 23.1 Å². The number of hydrogen-bond acceptors (Lipinski definition) is 6. The van der Waals surface area contributed by atoms with Gasteiger partial charge in [-0.3, -0.25) is 19.2 Å². The Morgan fingerprint density at radius 1 is 0.867 bits per heavy atom. The Balaban J connectivity index is 1.06. The number of aryl methyl sites for hydroxylation is 2. The number of pyridine rings is 1. The van der Waals surface area contributed by atoms with E-state index in [1.807, 2.05) is 54.6 Å². The number of likely N-dealkylation sites (N-methyl/N-ethyl adjacent to an activating group) is 1. The van der Waals surface area contributed by atoms with Gasteiger partial charge in [0.25, 0.3) is 5.91 Å². The van der Waals surface area contributed by atoms with Crippen LogP contribution in [0.5, 0.6) is 0 Å². The number of furan rings is 1. The van der Waals surface area contributed by atoms with Crippen molar-refractivity contribution in [3.05, 3.63) is 119 Å². The van der Waals surface area contributed by atoms with Gasteiger partial charge in [0.15, 0.2) is 17.3 Å². The molecule has 0 bridgehead atoms. The summed E-state index contributed by atoms with van der Waals surface area (Å²) in [7, 11) is 1.56. The molecule has 1 fully saturated rings. The Hall–Kier alpha value is -5.31. The second kappa shape index (κ2) is 13.1. The van der Waals surface area contributed by atoms with E-state index < -0.39 is 11.9 Å². The largest absolute Gasteiger partial charge is 0.451 e. The summed E-state index contributed by atoms with van der Waals surface area (Å²) in [5, 5.41) is 5.40. The Morgan fingerprint density at radius 3 is 2.40 bits per heavy atom. The van der Waals surface area contributed by atoms with Crippen LogP contribution in [0.3, 0.4) is 0 Å². The van der Waals surface area contributed by atoms with Crippen molar-refractivity contribution in [1.29, 1.82) is 0 Å². The van der Waals surface area contributed by atoms with Crippen LogP contribution in [0.1, 0.15) is 68.2 Å². The molecular weight excluding hydrogens is 568 g/mol. The number of imidazole rings is 1. The highest BCUT2D eigenvalue weighted by molar-refractivity contribution is 5.97. The van der Waals surface area contributed by atoms with Crippen LogP contribution >= 0.6 is 0 Å². The van der Waals surface area contributed by atoms with Gasteiger partial charge >= 0.3 is 0 Å². The number of nitrogens with one attached hydrogen (secondary N) is 2. The molecular formula is C36H34N4O5.